The van der Waals surface area contributed by atoms with Gasteiger partial charge >= 0.3 is 0 Å². The smallest absolute Gasteiger partial charge is 0.293 e. The molecule has 0 aliphatic heterocycles. The fourth-order valence-electron chi connectivity index (χ4n) is 2.20. The number of nitrogens with zero attached hydrogens (tertiary/aromatic N) is 2. The molecule has 2 N–H and O–H groups in total. The van der Waals surface area contributed by atoms with Gasteiger partial charge in [0.05, 0.1) is 6.54 Å². The third kappa shape index (κ3) is 2.78. The number of fused-ring (bicyclic) bond motifs is 1. The summed E-state index contributed by atoms with van der Waals surface area (Å²) in [5.41, 5.74) is 3.24. The first-order valence-corrected chi connectivity index (χ1v) is 7.18. The molecule has 0 atom stereocenters. The van der Waals surface area contributed by atoms with E-state index in [9.17, 15) is 4.79 Å². The van der Waals surface area contributed by atoms with Crippen molar-refractivity contribution in [2.75, 3.05) is 0 Å². The summed E-state index contributed by atoms with van der Waals surface area (Å²) in [5, 5.41) is 10.7. The van der Waals surface area contributed by atoms with Crippen LogP contribution >= 0.6 is 23.2 Å². The molecule has 0 saturated carbocycles. The van der Waals surface area contributed by atoms with Crippen LogP contribution in [0, 0.1) is 0 Å². The van der Waals surface area contributed by atoms with Crippen LogP contribution in [0.15, 0.2) is 42.6 Å². The summed E-state index contributed by atoms with van der Waals surface area (Å²) in [5.74, 6) is -0.654. The van der Waals surface area contributed by atoms with E-state index in [1.165, 1.54) is 0 Å². The normalized spacial score (nSPS) is 10.9. The molecule has 2 aromatic heterocycles. The summed E-state index contributed by atoms with van der Waals surface area (Å²) in [6.45, 7) is 0.497. The largest absolute Gasteiger partial charge is 0.328 e. The number of hydrogen-bond donors (Lipinski definition) is 2. The van der Waals surface area contributed by atoms with E-state index < -0.39 is 5.91 Å². The van der Waals surface area contributed by atoms with E-state index in [1.807, 2.05) is 22.9 Å². The Kier molecular flexibility index (Phi) is 4.02. The van der Waals surface area contributed by atoms with Gasteiger partial charge in [-0.05, 0) is 35.9 Å². The Morgan fingerprint density at radius 2 is 2.05 bits per heavy atom. The molecule has 3 aromatic rings. The van der Waals surface area contributed by atoms with Crippen molar-refractivity contribution in [1.82, 2.24) is 15.0 Å². The summed E-state index contributed by atoms with van der Waals surface area (Å²) in [6, 6.07) is 10.5. The van der Waals surface area contributed by atoms with Gasteiger partial charge in [-0.2, -0.15) is 0 Å². The van der Waals surface area contributed by atoms with Crippen LogP contribution in [-0.2, 0) is 6.54 Å². The lowest BCUT2D eigenvalue weighted by molar-refractivity contribution is 0.0701. The first-order valence-electron chi connectivity index (χ1n) is 6.43. The van der Waals surface area contributed by atoms with E-state index in [4.69, 9.17) is 28.4 Å². The summed E-state index contributed by atoms with van der Waals surface area (Å²) in [4.78, 5) is 15.7. The zero-order chi connectivity index (χ0) is 15.7. The van der Waals surface area contributed by atoms with Gasteiger partial charge in [0.1, 0.15) is 11.3 Å². The van der Waals surface area contributed by atoms with E-state index in [2.05, 4.69) is 4.98 Å². The number of pyridine rings is 1. The van der Waals surface area contributed by atoms with Gasteiger partial charge in [0.15, 0.2) is 0 Å². The Morgan fingerprint density at radius 3 is 2.77 bits per heavy atom. The second-order valence-electron chi connectivity index (χ2n) is 4.73. The number of carbonyl (C=O) groups is 1. The molecule has 0 bridgehead atoms. The number of rotatable bonds is 3. The van der Waals surface area contributed by atoms with Crippen LogP contribution in [-0.4, -0.2) is 20.7 Å². The van der Waals surface area contributed by atoms with E-state index >= 15 is 0 Å². The topological polar surface area (TPSA) is 67.2 Å². The third-order valence-corrected chi connectivity index (χ3v) is 3.89. The summed E-state index contributed by atoms with van der Waals surface area (Å²) < 4.78 is 1.87. The molecule has 112 valence electrons. The van der Waals surface area contributed by atoms with Gasteiger partial charge in [-0.15, -0.1) is 0 Å². The van der Waals surface area contributed by atoms with Crippen molar-refractivity contribution in [3.63, 3.8) is 0 Å². The molecule has 0 aliphatic rings. The quantitative estimate of drug-likeness (QED) is 0.568. The molecule has 0 saturated heterocycles. The third-order valence-electron chi connectivity index (χ3n) is 3.30. The van der Waals surface area contributed by atoms with Crippen LogP contribution in [0.25, 0.3) is 11.0 Å². The molecular weight excluding hydrogens is 325 g/mol. The zero-order valence-corrected chi connectivity index (χ0v) is 12.8. The molecule has 22 heavy (non-hydrogen) atoms. The van der Waals surface area contributed by atoms with Crippen molar-refractivity contribution in [2.45, 2.75) is 6.54 Å². The molecule has 0 aliphatic carbocycles. The molecule has 1 amide bonds. The number of halogens is 2. The number of aromatic nitrogens is 2. The summed E-state index contributed by atoms with van der Waals surface area (Å²) >= 11 is 12.1. The van der Waals surface area contributed by atoms with Crippen LogP contribution < -0.4 is 5.48 Å². The summed E-state index contributed by atoms with van der Waals surface area (Å²) in [6.07, 6.45) is 1.86. The monoisotopic (exact) mass is 335 g/mol. The minimum atomic E-state index is -0.654. The number of benzene rings is 1. The van der Waals surface area contributed by atoms with Crippen LogP contribution in [0.2, 0.25) is 10.0 Å². The molecule has 0 unspecified atom stereocenters. The highest BCUT2D eigenvalue weighted by atomic mass is 35.5. The van der Waals surface area contributed by atoms with E-state index in [-0.39, 0.29) is 5.69 Å². The number of carbonyl (C=O) groups excluding carboxylic acids is 1. The van der Waals surface area contributed by atoms with Crippen LogP contribution in [0.5, 0.6) is 0 Å². The molecular formula is C15H11Cl2N3O2. The average molecular weight is 336 g/mol. The first kappa shape index (κ1) is 14.8. The lowest BCUT2D eigenvalue weighted by Crippen LogP contribution is -2.20. The molecule has 1 aromatic carbocycles. The van der Waals surface area contributed by atoms with Crippen molar-refractivity contribution in [3.8, 4) is 0 Å². The maximum absolute atomic E-state index is 11.5. The molecule has 0 spiro atoms. The van der Waals surface area contributed by atoms with Crippen molar-refractivity contribution in [3.05, 3.63) is 63.9 Å². The Labute approximate surface area is 136 Å². The van der Waals surface area contributed by atoms with Crippen molar-refractivity contribution in [2.24, 2.45) is 0 Å². The maximum atomic E-state index is 11.5. The van der Waals surface area contributed by atoms with Crippen molar-refractivity contribution in [1.29, 1.82) is 0 Å². The van der Waals surface area contributed by atoms with Gasteiger partial charge in [-0.3, -0.25) is 10.0 Å². The Bertz CT molecular complexity index is 861. The predicted octanol–water partition coefficient (Wildman–Crippen LogP) is 3.51. The first-order chi connectivity index (χ1) is 10.6. The molecule has 0 fully saturated rings. The van der Waals surface area contributed by atoms with Gasteiger partial charge in [0.25, 0.3) is 5.91 Å². The number of amides is 1. The van der Waals surface area contributed by atoms with Crippen molar-refractivity contribution >= 4 is 40.1 Å². The molecule has 2 heterocycles. The lowest BCUT2D eigenvalue weighted by Gasteiger charge is -2.08. The minimum Gasteiger partial charge on any atom is -0.328 e. The van der Waals surface area contributed by atoms with Gasteiger partial charge in [0, 0.05) is 21.6 Å². The standard InChI is InChI=1S/C15H11Cl2N3O2/c16-11-3-1-10(12(17)7-11)8-20-6-5-9-2-4-13(15(21)19-22)18-14(9)20/h1-7,22H,8H2,(H,19,21). The SMILES string of the molecule is O=C(NO)c1ccc2ccn(Cc3ccc(Cl)cc3Cl)c2n1. The second kappa shape index (κ2) is 5.96. The number of hydrogen-bond acceptors (Lipinski definition) is 3. The fraction of sp³-hybridized carbons (Fsp3) is 0.0667. The average Bonchev–Trinajstić information content (AvgIpc) is 2.91. The Balaban J connectivity index is 2.01. The van der Waals surface area contributed by atoms with Crippen molar-refractivity contribution < 1.29 is 10.0 Å². The lowest BCUT2D eigenvalue weighted by atomic mass is 10.2. The molecule has 7 heteroatoms. The zero-order valence-electron chi connectivity index (χ0n) is 11.3. The van der Waals surface area contributed by atoms with Gasteiger partial charge in [0.2, 0.25) is 0 Å². The van der Waals surface area contributed by atoms with Gasteiger partial charge in [-0.1, -0.05) is 29.3 Å². The highest BCUT2D eigenvalue weighted by Gasteiger charge is 2.11. The van der Waals surface area contributed by atoms with Gasteiger partial charge < -0.3 is 4.57 Å². The molecule has 5 nitrogen and oxygen atoms in total. The highest BCUT2D eigenvalue weighted by Crippen LogP contribution is 2.23. The Hall–Kier alpha value is -2.08. The highest BCUT2D eigenvalue weighted by molar-refractivity contribution is 6.35. The maximum Gasteiger partial charge on any atom is 0.293 e. The van der Waals surface area contributed by atoms with Crippen LogP contribution in [0.3, 0.4) is 0 Å². The molecule has 0 radical (unpaired) electrons. The van der Waals surface area contributed by atoms with Crippen LogP contribution in [0.1, 0.15) is 16.1 Å². The van der Waals surface area contributed by atoms with Crippen LogP contribution in [0.4, 0.5) is 0 Å². The van der Waals surface area contributed by atoms with E-state index in [0.717, 1.165) is 10.9 Å². The second-order valence-corrected chi connectivity index (χ2v) is 5.57. The minimum absolute atomic E-state index is 0.136. The number of nitrogens with one attached hydrogen (secondary N) is 1. The number of hydroxylamine groups is 1. The molecule has 3 rings (SSSR count). The van der Waals surface area contributed by atoms with E-state index in [0.29, 0.717) is 22.2 Å². The predicted molar refractivity (Wildman–Crippen MR) is 84.5 cm³/mol. The Morgan fingerprint density at radius 1 is 1.23 bits per heavy atom. The van der Waals surface area contributed by atoms with E-state index in [1.54, 1.807) is 29.7 Å². The fourth-order valence-corrected chi connectivity index (χ4v) is 2.67. The summed E-state index contributed by atoms with van der Waals surface area (Å²) in [7, 11) is 0. The van der Waals surface area contributed by atoms with Gasteiger partial charge in [-0.25, -0.2) is 10.5 Å².